The minimum absolute atomic E-state index is 0.0499. The number of piperidine rings is 1. The Morgan fingerprint density at radius 3 is 2.43 bits per heavy atom. The summed E-state index contributed by atoms with van der Waals surface area (Å²) in [5, 5.41) is 12.1. The highest BCUT2D eigenvalue weighted by Crippen LogP contribution is 2.38. The molecule has 0 unspecified atom stereocenters. The molecule has 232 valence electrons. The summed E-state index contributed by atoms with van der Waals surface area (Å²) in [4.78, 5) is 40.9. The zero-order valence-corrected chi connectivity index (χ0v) is 24.0. The average molecular weight is 611 g/mol. The predicted molar refractivity (Wildman–Crippen MR) is 155 cm³/mol. The molecule has 1 saturated carbocycles. The van der Waals surface area contributed by atoms with Crippen LogP contribution in [0, 0.1) is 0 Å². The predicted octanol–water partition coefficient (Wildman–Crippen LogP) is 5.15. The van der Waals surface area contributed by atoms with Gasteiger partial charge < -0.3 is 25.0 Å². The molecular formula is C31H33F3N6O4. The number of anilines is 3. The number of hydrogen-bond donors (Lipinski definition) is 2. The number of aliphatic carboxylic acids is 1. The minimum Gasteiger partial charge on any atom is -0.490 e. The molecule has 0 bridgehead atoms. The van der Waals surface area contributed by atoms with Crippen molar-refractivity contribution in [2.45, 2.75) is 69.2 Å². The van der Waals surface area contributed by atoms with E-state index in [1.807, 2.05) is 18.2 Å². The van der Waals surface area contributed by atoms with E-state index in [0.717, 1.165) is 49.8 Å². The van der Waals surface area contributed by atoms with E-state index in [1.165, 1.54) is 0 Å². The monoisotopic (exact) mass is 610 g/mol. The molecule has 0 spiro atoms. The van der Waals surface area contributed by atoms with E-state index in [1.54, 1.807) is 29.4 Å². The maximum atomic E-state index is 14.2. The summed E-state index contributed by atoms with van der Waals surface area (Å²) in [6, 6.07) is 9.48. The van der Waals surface area contributed by atoms with Gasteiger partial charge in [-0.05, 0) is 55.2 Å². The first-order chi connectivity index (χ1) is 21.1. The van der Waals surface area contributed by atoms with Crippen molar-refractivity contribution in [3.63, 3.8) is 0 Å². The number of amides is 1. The maximum absolute atomic E-state index is 14.2. The second-order valence-corrected chi connectivity index (χ2v) is 11.5. The number of hydrogen-bond acceptors (Lipinski definition) is 8. The number of pyridine rings is 1. The number of halogens is 3. The summed E-state index contributed by atoms with van der Waals surface area (Å²) in [5.41, 5.74) is -1.11. The number of rotatable bonds is 7. The highest BCUT2D eigenvalue weighted by Gasteiger charge is 2.44. The third-order valence-electron chi connectivity index (χ3n) is 8.72. The molecule has 4 heterocycles. The number of carboxylic acids is 1. The number of nitrogens with one attached hydrogen (secondary N) is 1. The second-order valence-electron chi connectivity index (χ2n) is 11.5. The summed E-state index contributed by atoms with van der Waals surface area (Å²) in [7, 11) is 0. The van der Waals surface area contributed by atoms with Gasteiger partial charge in [-0.2, -0.15) is 13.2 Å². The van der Waals surface area contributed by atoms with Crippen molar-refractivity contribution in [2.24, 2.45) is 0 Å². The van der Waals surface area contributed by atoms with Crippen LogP contribution in [0.3, 0.4) is 0 Å². The molecule has 13 heteroatoms. The molecule has 6 rings (SSSR count). The minimum atomic E-state index is -4.96. The first-order valence-electron chi connectivity index (χ1n) is 14.9. The topological polar surface area (TPSA) is 121 Å². The highest BCUT2D eigenvalue weighted by molar-refractivity contribution is 5.98. The lowest BCUT2D eigenvalue weighted by molar-refractivity contribution is -0.145. The zero-order chi connectivity index (χ0) is 30.9. The number of nitrogens with zero attached hydrogens (tertiary/aromatic N) is 5. The zero-order valence-electron chi connectivity index (χ0n) is 24.0. The standard InChI is InChI=1S/C31H33F3N6O4/c32-31(33,34)26-24(27(41)38-30(28(42)43)11-2-1-3-12-30)19-36-29(37-26)40-17-8-20-18-23(4-5-25(20)40)44-22-9-15-39(16-10-22)21-6-13-35-14-7-21/h4-7,13-14,18-19,22H,1-3,8-12,15-17H2,(H,38,41)(H,42,43). The van der Waals surface area contributed by atoms with E-state index >= 15 is 0 Å². The van der Waals surface area contributed by atoms with E-state index in [4.69, 9.17) is 4.74 Å². The van der Waals surface area contributed by atoms with Crippen molar-refractivity contribution in [3.05, 3.63) is 65.7 Å². The second kappa shape index (κ2) is 11.9. The SMILES string of the molecule is O=C(NC1(C(=O)O)CCCCC1)c1cnc(N2CCc3cc(OC4CCN(c5ccncc5)CC4)ccc32)nc1C(F)(F)F. The Balaban J connectivity index is 1.16. The van der Waals surface area contributed by atoms with E-state index in [0.29, 0.717) is 37.2 Å². The van der Waals surface area contributed by atoms with Crippen LogP contribution in [0.25, 0.3) is 0 Å². The molecule has 10 nitrogen and oxygen atoms in total. The van der Waals surface area contributed by atoms with Gasteiger partial charge in [0.2, 0.25) is 5.95 Å². The Morgan fingerprint density at radius 1 is 1.02 bits per heavy atom. The third kappa shape index (κ3) is 6.00. The molecule has 44 heavy (non-hydrogen) atoms. The number of alkyl halides is 3. The Labute approximate surface area is 252 Å². The smallest absolute Gasteiger partial charge is 0.434 e. The van der Waals surface area contributed by atoms with E-state index in [9.17, 15) is 27.9 Å². The van der Waals surface area contributed by atoms with Gasteiger partial charge >= 0.3 is 12.1 Å². The van der Waals surface area contributed by atoms with Gasteiger partial charge in [-0.1, -0.05) is 19.3 Å². The molecule has 0 atom stereocenters. The van der Waals surface area contributed by atoms with Gasteiger partial charge in [-0.3, -0.25) is 9.78 Å². The lowest BCUT2D eigenvalue weighted by Gasteiger charge is -2.34. The van der Waals surface area contributed by atoms with Crippen LogP contribution in [0.1, 0.15) is 66.6 Å². The maximum Gasteiger partial charge on any atom is 0.434 e. The van der Waals surface area contributed by atoms with Crippen molar-refractivity contribution < 1.29 is 32.6 Å². The number of benzene rings is 1. The molecule has 2 fully saturated rings. The summed E-state index contributed by atoms with van der Waals surface area (Å²) < 4.78 is 48.8. The van der Waals surface area contributed by atoms with Gasteiger partial charge in [0.25, 0.3) is 5.91 Å². The highest BCUT2D eigenvalue weighted by atomic mass is 19.4. The Bertz CT molecular complexity index is 1520. The molecule has 3 aliphatic rings. The fourth-order valence-corrected chi connectivity index (χ4v) is 6.36. The number of carbonyl (C=O) groups excluding carboxylic acids is 1. The fraction of sp³-hybridized carbons (Fsp3) is 0.452. The van der Waals surface area contributed by atoms with Crippen molar-refractivity contribution in [1.82, 2.24) is 20.3 Å². The van der Waals surface area contributed by atoms with E-state index in [2.05, 4.69) is 25.2 Å². The Kier molecular flexibility index (Phi) is 8.04. The lowest BCUT2D eigenvalue weighted by Crippen LogP contribution is -2.55. The summed E-state index contributed by atoms with van der Waals surface area (Å²) >= 11 is 0. The van der Waals surface area contributed by atoms with Crippen LogP contribution in [-0.2, 0) is 17.4 Å². The van der Waals surface area contributed by atoms with Crippen molar-refractivity contribution in [1.29, 1.82) is 0 Å². The molecule has 2 N–H and O–H groups in total. The van der Waals surface area contributed by atoms with Gasteiger partial charge in [-0.25, -0.2) is 14.8 Å². The molecule has 1 aliphatic carbocycles. The molecule has 2 aromatic heterocycles. The number of carbonyl (C=O) groups is 2. The third-order valence-corrected chi connectivity index (χ3v) is 8.72. The van der Waals surface area contributed by atoms with Crippen LogP contribution < -0.4 is 19.9 Å². The quantitative estimate of drug-likeness (QED) is 0.374. The van der Waals surface area contributed by atoms with Crippen LogP contribution in [0.15, 0.2) is 48.9 Å². The summed E-state index contributed by atoms with van der Waals surface area (Å²) in [6.45, 7) is 2.07. The first-order valence-corrected chi connectivity index (χ1v) is 14.9. The van der Waals surface area contributed by atoms with E-state index < -0.39 is 34.8 Å². The fourth-order valence-electron chi connectivity index (χ4n) is 6.36. The van der Waals surface area contributed by atoms with Gasteiger partial charge in [0.15, 0.2) is 5.69 Å². The molecular weight excluding hydrogens is 577 g/mol. The van der Waals surface area contributed by atoms with Gasteiger partial charge in [0, 0.05) is 62.4 Å². The Hall–Kier alpha value is -4.42. The molecule has 2 aliphatic heterocycles. The van der Waals surface area contributed by atoms with Crippen molar-refractivity contribution >= 4 is 29.2 Å². The Morgan fingerprint density at radius 2 is 1.75 bits per heavy atom. The van der Waals surface area contributed by atoms with Crippen LogP contribution >= 0.6 is 0 Å². The van der Waals surface area contributed by atoms with Crippen LogP contribution in [0.5, 0.6) is 5.75 Å². The van der Waals surface area contributed by atoms with Crippen LogP contribution in [0.2, 0.25) is 0 Å². The van der Waals surface area contributed by atoms with Gasteiger partial charge in [-0.15, -0.1) is 0 Å². The van der Waals surface area contributed by atoms with Crippen molar-refractivity contribution in [3.8, 4) is 5.75 Å². The van der Waals surface area contributed by atoms with Crippen molar-refractivity contribution in [2.75, 3.05) is 29.4 Å². The van der Waals surface area contributed by atoms with Crippen LogP contribution in [0.4, 0.5) is 30.5 Å². The number of aromatic nitrogens is 3. The lowest BCUT2D eigenvalue weighted by atomic mass is 9.81. The molecule has 1 saturated heterocycles. The number of fused-ring (bicyclic) bond motifs is 1. The number of carboxylic acid groups (broad SMARTS) is 1. The largest absolute Gasteiger partial charge is 0.490 e. The molecule has 1 amide bonds. The molecule has 3 aromatic rings. The number of ether oxygens (including phenoxy) is 1. The van der Waals surface area contributed by atoms with Crippen LogP contribution in [-0.4, -0.2) is 63.2 Å². The molecule has 1 aromatic carbocycles. The van der Waals surface area contributed by atoms with E-state index in [-0.39, 0.29) is 24.9 Å². The van der Waals surface area contributed by atoms with Gasteiger partial charge in [0.05, 0.1) is 5.56 Å². The first kappa shape index (κ1) is 29.6. The van der Waals surface area contributed by atoms with Gasteiger partial charge in [0.1, 0.15) is 17.4 Å². The normalized spacial score (nSPS) is 18.5. The summed E-state index contributed by atoms with van der Waals surface area (Å²) in [6.07, 6.45) is 3.96. The average Bonchev–Trinajstić information content (AvgIpc) is 3.45. The summed E-state index contributed by atoms with van der Waals surface area (Å²) in [5.74, 6) is -1.89. The molecule has 0 radical (unpaired) electrons.